The largest absolute Gasteiger partial charge is 0.391 e. The molecular formula is C62H102N12O13. The molecule has 0 aliphatic carbocycles. The number of carbonyl (C=O) groups is 12. The Labute approximate surface area is 515 Å². The van der Waals surface area contributed by atoms with E-state index < -0.39 is 150 Å². The number of aliphatic hydroxyl groups excluding tert-OH is 1. The molecule has 6 N–H and O–H groups in total. The van der Waals surface area contributed by atoms with E-state index in [1.54, 1.807) is 49.1 Å². The minimum atomic E-state index is -1.65. The van der Waals surface area contributed by atoms with Crippen molar-refractivity contribution >= 4 is 70.9 Å². The lowest BCUT2D eigenvalue weighted by Crippen LogP contribution is -2.62. The number of piperidine rings is 1. The van der Waals surface area contributed by atoms with Gasteiger partial charge in [-0.3, -0.25) is 57.5 Å². The first-order chi connectivity index (χ1) is 40.6. The molecule has 0 unspecified atom stereocenters. The summed E-state index contributed by atoms with van der Waals surface area (Å²) in [5, 5.41) is 24.3. The van der Waals surface area contributed by atoms with E-state index in [0.717, 1.165) is 21.1 Å². The van der Waals surface area contributed by atoms with Crippen LogP contribution in [0.1, 0.15) is 133 Å². The quantitative estimate of drug-likeness (QED) is 0.180. The summed E-state index contributed by atoms with van der Waals surface area (Å²) in [5.74, 6) is -9.33. The van der Waals surface area contributed by atoms with Crippen LogP contribution < -0.4 is 26.6 Å². The zero-order valence-electron chi connectivity index (χ0n) is 54.6. The van der Waals surface area contributed by atoms with Crippen molar-refractivity contribution in [3.63, 3.8) is 0 Å². The van der Waals surface area contributed by atoms with Crippen LogP contribution in [-0.2, 0) is 64.0 Å². The third kappa shape index (κ3) is 21.9. The van der Waals surface area contributed by atoms with Gasteiger partial charge in [0.2, 0.25) is 70.9 Å². The normalized spacial score (nSPS) is 26.2. The van der Waals surface area contributed by atoms with E-state index in [9.17, 15) is 62.6 Å². The van der Waals surface area contributed by atoms with Crippen LogP contribution in [0.25, 0.3) is 0 Å². The molecule has 87 heavy (non-hydrogen) atoms. The lowest BCUT2D eigenvalue weighted by Gasteiger charge is -2.38. The first kappa shape index (κ1) is 74.1. The Morgan fingerprint density at radius 3 is 1.64 bits per heavy atom. The van der Waals surface area contributed by atoms with Gasteiger partial charge in [-0.25, -0.2) is 0 Å². The van der Waals surface area contributed by atoms with Crippen LogP contribution in [0, 0.1) is 23.7 Å². The number of carbonyl (C=O) groups excluding carboxylic acids is 12. The first-order valence-electron chi connectivity index (χ1n) is 30.7. The summed E-state index contributed by atoms with van der Waals surface area (Å²) < 4.78 is 0. The Hall–Kier alpha value is -7.18. The van der Waals surface area contributed by atoms with Crippen molar-refractivity contribution in [3.05, 3.63) is 35.9 Å². The molecule has 1 aromatic rings. The van der Waals surface area contributed by atoms with Crippen LogP contribution in [0.5, 0.6) is 0 Å². The van der Waals surface area contributed by atoms with Gasteiger partial charge in [-0.2, -0.15) is 0 Å². The molecule has 25 heteroatoms. The standard InChI is InChI=1S/C62H102N12O13/c1-36(2)30-44-54(79)66-46(60(85)74-27-22-19-23-28-74)34-51(78)68(12)29-26-49(76)65-45(33-43-24-20-18-21-25-43)59(84)72(16)48(32-38(5)6)61(86)70(14)41(10)58(83)71(15)47(31-37(3)4)55(80)67-52(42(11)75)56(81)63-40(9)57(82)73(17)53(39(7)8)62(87)69(13)35-50(77)64-44/h18,20-21,24-25,36-42,44-48,52-53,75H,19,22-23,26-35H2,1-17H3,(H,63,81)(H,64,77)(H,65,76)(H,66,79)(H,67,80)/t40-,41-,42+,44-,45-,46-,47-,48-,52-,53-/m0/s1. The van der Waals surface area contributed by atoms with Gasteiger partial charge in [0.15, 0.2) is 0 Å². The van der Waals surface area contributed by atoms with E-state index in [4.69, 9.17) is 0 Å². The van der Waals surface area contributed by atoms with Gasteiger partial charge in [0.25, 0.3) is 0 Å². The predicted molar refractivity (Wildman–Crippen MR) is 327 cm³/mol. The van der Waals surface area contributed by atoms with Crippen LogP contribution in [0.2, 0.25) is 0 Å². The van der Waals surface area contributed by atoms with E-state index in [2.05, 4.69) is 26.6 Å². The second kappa shape index (κ2) is 34.4. The average Bonchev–Trinajstić information content (AvgIpc) is 1.85. The average molecular weight is 1220 g/mol. The summed E-state index contributed by atoms with van der Waals surface area (Å²) in [6, 6.07) is -2.70. The van der Waals surface area contributed by atoms with Gasteiger partial charge in [0.1, 0.15) is 54.4 Å². The van der Waals surface area contributed by atoms with Crippen molar-refractivity contribution in [1.29, 1.82) is 0 Å². The van der Waals surface area contributed by atoms with Crippen molar-refractivity contribution < 1.29 is 62.6 Å². The summed E-state index contributed by atoms with van der Waals surface area (Å²) >= 11 is 0. The number of hydrogen-bond acceptors (Lipinski definition) is 13. The van der Waals surface area contributed by atoms with Crippen molar-refractivity contribution in [2.45, 2.75) is 194 Å². The molecule has 488 valence electrons. The number of rotatable bonds is 11. The predicted octanol–water partition coefficient (Wildman–Crippen LogP) is 0.899. The van der Waals surface area contributed by atoms with E-state index >= 15 is 0 Å². The van der Waals surface area contributed by atoms with Crippen molar-refractivity contribution in [3.8, 4) is 0 Å². The fourth-order valence-electron chi connectivity index (χ4n) is 10.9. The zero-order valence-corrected chi connectivity index (χ0v) is 54.6. The Balaban J connectivity index is 2.17. The fraction of sp³-hybridized carbons (Fsp3) is 0.710. The third-order valence-corrected chi connectivity index (χ3v) is 16.1. The molecule has 0 aromatic heterocycles. The molecule has 25 nitrogen and oxygen atoms in total. The van der Waals surface area contributed by atoms with Crippen LogP contribution in [0.15, 0.2) is 30.3 Å². The molecule has 2 aliphatic heterocycles. The molecule has 2 saturated heterocycles. The SMILES string of the molecule is CC(C)C[C@@H]1NC(=O)CN(C)C(=O)[C@H](C(C)C)N(C)C(=O)[C@H](C)NC(=O)[C@H]([C@@H](C)O)NC(=O)[C@H](CC(C)C)N(C)C(=O)[C@H](C)N(C)C(=O)[C@H](CC(C)C)N(C)C(=O)[C@H](Cc2ccccc2)NC(=O)CCN(C)C(=O)C[C@@H](C(=O)N2CCCCC2)NC1=O. The number of aliphatic hydroxyl groups is 1. The molecule has 10 atom stereocenters. The van der Waals surface area contributed by atoms with Gasteiger partial charge in [-0.05, 0) is 88.5 Å². The van der Waals surface area contributed by atoms with E-state index in [1.165, 1.54) is 77.8 Å². The smallest absolute Gasteiger partial charge is 0.245 e. The van der Waals surface area contributed by atoms with Gasteiger partial charge < -0.3 is 66.0 Å². The fourth-order valence-corrected chi connectivity index (χ4v) is 10.9. The zero-order chi connectivity index (χ0) is 65.9. The summed E-state index contributed by atoms with van der Waals surface area (Å²) in [6.07, 6.45) is 0.325. The lowest BCUT2D eigenvalue weighted by atomic mass is 9.98. The van der Waals surface area contributed by atoms with Gasteiger partial charge in [0, 0.05) is 74.8 Å². The van der Waals surface area contributed by atoms with Crippen molar-refractivity contribution in [1.82, 2.24) is 60.9 Å². The number of amides is 12. The van der Waals surface area contributed by atoms with Crippen LogP contribution in [0.4, 0.5) is 0 Å². The van der Waals surface area contributed by atoms with E-state index in [0.29, 0.717) is 31.5 Å². The molecule has 1 aromatic carbocycles. The molecule has 0 saturated carbocycles. The highest BCUT2D eigenvalue weighted by Gasteiger charge is 2.42. The molecule has 3 rings (SSSR count). The van der Waals surface area contributed by atoms with Crippen molar-refractivity contribution in [2.24, 2.45) is 23.7 Å². The van der Waals surface area contributed by atoms with E-state index in [-0.39, 0.29) is 56.4 Å². The molecule has 0 radical (unpaired) electrons. The first-order valence-corrected chi connectivity index (χ1v) is 30.7. The minimum absolute atomic E-state index is 0.0136. The molecule has 2 fully saturated rings. The topological polar surface area (TPSA) is 308 Å². The number of nitrogens with zero attached hydrogens (tertiary/aromatic N) is 7. The van der Waals surface area contributed by atoms with Crippen LogP contribution in [0.3, 0.4) is 0 Å². The molecule has 2 aliphatic rings. The highest BCUT2D eigenvalue weighted by Crippen LogP contribution is 2.21. The number of benzene rings is 1. The molecule has 12 amide bonds. The van der Waals surface area contributed by atoms with Crippen LogP contribution in [-0.4, -0.2) is 239 Å². The van der Waals surface area contributed by atoms with Gasteiger partial charge >= 0.3 is 0 Å². The third-order valence-electron chi connectivity index (χ3n) is 16.1. The Bertz CT molecular complexity index is 2560. The second-order valence-electron chi connectivity index (χ2n) is 25.4. The molecular weight excluding hydrogens is 1120 g/mol. The van der Waals surface area contributed by atoms with Gasteiger partial charge in [-0.15, -0.1) is 0 Å². The van der Waals surface area contributed by atoms with E-state index in [1.807, 2.05) is 41.5 Å². The maximum Gasteiger partial charge on any atom is 0.245 e. The Kier molecular flexibility index (Phi) is 29.3. The molecule has 0 spiro atoms. The number of nitrogens with one attached hydrogen (secondary N) is 5. The summed E-state index contributed by atoms with van der Waals surface area (Å²) in [4.78, 5) is 180. The summed E-state index contributed by atoms with van der Waals surface area (Å²) in [7, 11) is 8.39. The van der Waals surface area contributed by atoms with Crippen LogP contribution >= 0.6 is 0 Å². The Morgan fingerprint density at radius 2 is 1.09 bits per heavy atom. The molecule has 2 heterocycles. The second-order valence-corrected chi connectivity index (χ2v) is 25.4. The summed E-state index contributed by atoms with van der Waals surface area (Å²) in [5.41, 5.74) is 0.689. The highest BCUT2D eigenvalue weighted by atomic mass is 16.3. The number of likely N-dealkylation sites (N-methyl/N-ethyl adjacent to an activating group) is 5. The number of likely N-dealkylation sites (tertiary alicyclic amines) is 1. The summed E-state index contributed by atoms with van der Waals surface area (Å²) in [6.45, 7) is 18.5. The molecule has 0 bridgehead atoms. The highest BCUT2D eigenvalue weighted by molar-refractivity contribution is 5.99. The minimum Gasteiger partial charge on any atom is -0.391 e. The van der Waals surface area contributed by atoms with Crippen molar-refractivity contribution in [2.75, 3.05) is 68.5 Å². The lowest BCUT2D eigenvalue weighted by molar-refractivity contribution is -0.152. The number of hydrogen-bond donors (Lipinski definition) is 6. The maximum absolute atomic E-state index is 14.8. The monoisotopic (exact) mass is 1220 g/mol. The maximum atomic E-state index is 14.8. The van der Waals surface area contributed by atoms with Gasteiger partial charge in [0.05, 0.1) is 19.1 Å². The van der Waals surface area contributed by atoms with Gasteiger partial charge in [-0.1, -0.05) is 85.7 Å². The Morgan fingerprint density at radius 1 is 0.540 bits per heavy atom.